The number of unbranched alkanes of at least 4 members (excludes halogenated alkanes) is 22. The van der Waals surface area contributed by atoms with Gasteiger partial charge >= 0.3 is 0 Å². The number of benzene rings is 6. The third-order valence-electron chi connectivity index (χ3n) is 20.4. The molecule has 0 aliphatic heterocycles. The molecule has 16 nitrogen and oxygen atoms in total. The molecule has 0 saturated carbocycles. The molecule has 0 aliphatic rings. The summed E-state index contributed by atoms with van der Waals surface area (Å²) >= 11 is 0. The van der Waals surface area contributed by atoms with E-state index in [1.807, 2.05) is 6.07 Å². The summed E-state index contributed by atoms with van der Waals surface area (Å²) in [7, 11) is -3.56. The van der Waals surface area contributed by atoms with Crippen LogP contribution in [0.25, 0.3) is 0 Å². The van der Waals surface area contributed by atoms with Gasteiger partial charge < -0.3 is 37.4 Å². The number of carbonyl (C=O) groups excluding carboxylic acids is 5. The number of ether oxygens (including phenoxy) is 2. The number of rotatable bonds is 62. The number of nitrogens with zero attached hydrogens (tertiary/aromatic N) is 4. The number of hydrogen-bond donors (Lipinski definition) is 5. The first-order valence-electron chi connectivity index (χ1n) is 40.8. The number of hydrogen-bond acceptors (Lipinski definition) is 11. The lowest BCUT2D eigenvalue weighted by atomic mass is 10.1. The Labute approximate surface area is 680 Å². The van der Waals surface area contributed by atoms with Gasteiger partial charge in [-0.15, -0.1) is 36.9 Å². The van der Waals surface area contributed by atoms with E-state index >= 15 is 0 Å². The highest BCUT2D eigenvalue weighted by molar-refractivity contribution is 7.96. The molecule has 0 fully saturated rings. The Morgan fingerprint density at radius 3 is 0.945 bits per heavy atom. The summed E-state index contributed by atoms with van der Waals surface area (Å²) < 4.78 is 12.3. The van der Waals surface area contributed by atoms with Gasteiger partial charge in [0.2, 0.25) is 29.5 Å². The Kier molecular flexibility index (Phi) is 55.1. The highest BCUT2D eigenvalue weighted by atomic mass is 35.5. The van der Waals surface area contributed by atoms with E-state index in [9.17, 15) is 39.6 Å². The molecule has 5 amide bonds. The van der Waals surface area contributed by atoms with Gasteiger partial charge in [-0.2, -0.15) is 18.2 Å². The van der Waals surface area contributed by atoms with Crippen molar-refractivity contribution in [1.82, 2.24) is 30.7 Å². The second-order valence-corrected chi connectivity index (χ2v) is 35.9. The van der Waals surface area contributed by atoms with Crippen molar-refractivity contribution >= 4 is 101 Å². The summed E-state index contributed by atoms with van der Waals surface area (Å²) in [5.74, 6) is -2.02. The van der Waals surface area contributed by atoms with Gasteiger partial charge in [0.15, 0.2) is 0 Å². The smallest absolute Gasteiger partial charge is 0.246 e. The summed E-state index contributed by atoms with van der Waals surface area (Å²) in [5, 5.41) is 46.5. The standard InChI is InChI=1S/C89H130N6O10P2.3ClH/c1-79(96)93(101)70-38-20-35-65-90-86(97)61-63-88(99)94(102)71-39-21-36-66-91-87(98)62-64-89(100)95(103)72-40-22-37-67-92(68-41-45-75-104-73-43-10-6-2-4-8-12-47-77-106(80-49-23-14-24-50-80,81-51-25-15-26-52-81)82-53-27-16-28-54-82)69-42-46-76-105-74-44-11-7-3-5-9-13-48-78-107(83-55-29-17-30-56-83,84-57-31-18-32-58-84)85-59-33-19-34-60-85;;;/h14-19,23-33,49-60,101-103H,2-13,20-22,35-48,61-78H2,1H3,(H-,90,91,97,98);3*1H. The Hall–Kier alpha value is -5.84. The van der Waals surface area contributed by atoms with Crippen molar-refractivity contribution in [2.45, 2.75) is 219 Å². The molecule has 0 atom stereocenters. The minimum Gasteiger partial charge on any atom is -1.00 e. The second kappa shape index (κ2) is 61.6. The summed E-state index contributed by atoms with van der Waals surface area (Å²) in [6, 6.07) is 68.2. The zero-order valence-electron chi connectivity index (χ0n) is 66.1. The van der Waals surface area contributed by atoms with Crippen molar-refractivity contribution < 1.29 is 61.5 Å². The molecule has 0 aliphatic carbocycles. The highest BCUT2D eigenvalue weighted by Crippen LogP contribution is 2.57. The number of halogens is 3. The van der Waals surface area contributed by atoms with Crippen LogP contribution in [0, 0.1) is 6.07 Å². The molecule has 0 aromatic heterocycles. The van der Waals surface area contributed by atoms with E-state index in [0.717, 1.165) is 102 Å². The van der Waals surface area contributed by atoms with Gasteiger partial charge in [0.1, 0.15) is 23.2 Å². The Balaban J connectivity index is 0.0000105. The SMILES string of the molecule is CC(=O)N(O)CCCCCNC(=O)CCC(=O)N(O)CCCCCNC(=O)CCC(=O)N(O)CCCCCN(CCCCOCCCCCCCCCC[P+](c1c[c-]ccc1)(c1ccccc1)c1ccccc1)CCCCOCCCCCCCCCC[P+](c1ccccc1)(c1ccccc1)c1ccccc1.Cl.Cl.[Cl-]. The summed E-state index contributed by atoms with van der Waals surface area (Å²) in [5.41, 5.74) is 0. The Morgan fingerprint density at radius 2 is 0.609 bits per heavy atom. The molecular weight excluding hydrogens is 1480 g/mol. The molecule has 6 aromatic rings. The van der Waals surface area contributed by atoms with Crippen molar-refractivity contribution in [3.8, 4) is 0 Å². The van der Waals surface area contributed by atoms with Crippen LogP contribution in [0.2, 0.25) is 0 Å². The predicted molar refractivity (Wildman–Crippen MR) is 456 cm³/mol. The average Bonchev–Trinajstić information content (AvgIpc) is 0.767. The van der Waals surface area contributed by atoms with E-state index in [0.29, 0.717) is 68.2 Å². The topological polar surface area (TPSA) is 202 Å². The van der Waals surface area contributed by atoms with E-state index in [4.69, 9.17) is 9.47 Å². The molecule has 0 heterocycles. The maximum atomic E-state index is 12.8. The number of amides is 5. The molecule has 6 rings (SSSR count). The van der Waals surface area contributed by atoms with E-state index in [-0.39, 0.29) is 94.4 Å². The summed E-state index contributed by atoms with van der Waals surface area (Å²) in [6.45, 7) is 8.79. The number of hydroxylamine groups is 6. The first-order chi connectivity index (χ1) is 52.4. The zero-order valence-corrected chi connectivity index (χ0v) is 70.2. The minimum atomic E-state index is -1.80. The first-order valence-corrected chi connectivity index (χ1v) is 44.8. The summed E-state index contributed by atoms with van der Waals surface area (Å²) in [6.07, 6.45) is 32.3. The maximum absolute atomic E-state index is 12.8. The van der Waals surface area contributed by atoms with E-state index in [2.05, 4.69) is 191 Å². The fourth-order valence-electron chi connectivity index (χ4n) is 14.2. The normalized spacial score (nSPS) is 11.3. The molecule has 110 heavy (non-hydrogen) atoms. The fourth-order valence-corrected chi connectivity index (χ4v) is 23.0. The van der Waals surface area contributed by atoms with E-state index in [1.54, 1.807) is 0 Å². The molecule has 610 valence electrons. The second-order valence-electron chi connectivity index (χ2n) is 28.7. The Morgan fingerprint density at radius 1 is 0.336 bits per heavy atom. The van der Waals surface area contributed by atoms with Gasteiger partial charge in [-0.1, -0.05) is 162 Å². The van der Waals surface area contributed by atoms with Crippen molar-refractivity contribution in [3.05, 3.63) is 182 Å². The minimum absolute atomic E-state index is 0. The van der Waals surface area contributed by atoms with Crippen LogP contribution in [0.5, 0.6) is 0 Å². The quantitative estimate of drug-likeness (QED) is 0.00800. The third kappa shape index (κ3) is 38.8. The molecule has 21 heteroatoms. The van der Waals surface area contributed by atoms with Crippen LogP contribution in [0.4, 0.5) is 0 Å². The molecule has 0 radical (unpaired) electrons. The number of nitrogens with one attached hydrogen (secondary N) is 2. The fraction of sp³-hybridized carbons (Fsp3) is 0.539. The van der Waals surface area contributed by atoms with Crippen LogP contribution in [0.1, 0.15) is 219 Å². The lowest BCUT2D eigenvalue weighted by molar-refractivity contribution is -0.166. The molecular formula is C89H133Cl3N6O10P2. The van der Waals surface area contributed by atoms with Gasteiger partial charge in [-0.05, 0) is 196 Å². The number of carbonyl (C=O) groups is 5. The lowest BCUT2D eigenvalue weighted by Gasteiger charge is -2.31. The Bertz CT molecular complexity index is 2950. The molecule has 0 bridgehead atoms. The van der Waals surface area contributed by atoms with E-state index < -0.39 is 32.2 Å². The molecule has 5 N–H and O–H groups in total. The van der Waals surface area contributed by atoms with Crippen LogP contribution < -0.4 is 54.9 Å². The van der Waals surface area contributed by atoms with Crippen molar-refractivity contribution in [3.63, 3.8) is 0 Å². The van der Waals surface area contributed by atoms with Crippen LogP contribution in [0.3, 0.4) is 0 Å². The van der Waals surface area contributed by atoms with Crippen molar-refractivity contribution in [1.29, 1.82) is 0 Å². The van der Waals surface area contributed by atoms with Gasteiger partial charge in [-0.3, -0.25) is 39.6 Å². The van der Waals surface area contributed by atoms with Crippen LogP contribution in [-0.4, -0.2) is 156 Å². The van der Waals surface area contributed by atoms with Crippen molar-refractivity contribution in [2.75, 3.05) is 91.1 Å². The first kappa shape index (κ1) is 98.4. The molecule has 6 aromatic carbocycles. The van der Waals surface area contributed by atoms with Gasteiger partial charge in [0.05, 0.1) is 30.2 Å². The van der Waals surface area contributed by atoms with Crippen LogP contribution >= 0.6 is 39.3 Å². The lowest BCUT2D eigenvalue weighted by Crippen LogP contribution is -3.00. The largest absolute Gasteiger partial charge is 1.00 e. The molecule has 0 spiro atoms. The van der Waals surface area contributed by atoms with Crippen LogP contribution in [0.15, 0.2) is 176 Å². The van der Waals surface area contributed by atoms with Crippen LogP contribution in [-0.2, 0) is 33.4 Å². The van der Waals surface area contributed by atoms with Gasteiger partial charge in [0.25, 0.3) is 0 Å². The van der Waals surface area contributed by atoms with Gasteiger partial charge in [-0.25, -0.2) is 15.2 Å². The zero-order chi connectivity index (χ0) is 75.9. The third-order valence-corrected chi connectivity index (χ3v) is 29.4. The van der Waals surface area contributed by atoms with Gasteiger partial charge in [0, 0.05) is 97.1 Å². The van der Waals surface area contributed by atoms with E-state index in [1.165, 1.54) is 141 Å². The monoisotopic (exact) mass is 1610 g/mol. The molecule has 0 unspecified atom stereocenters. The molecule has 0 saturated heterocycles. The predicted octanol–water partition coefficient (Wildman–Crippen LogP) is 13.7. The maximum Gasteiger partial charge on any atom is 0.246 e. The average molecular weight is 1620 g/mol. The highest BCUT2D eigenvalue weighted by Gasteiger charge is 2.45. The summed E-state index contributed by atoms with van der Waals surface area (Å²) in [4.78, 5) is 63.5. The van der Waals surface area contributed by atoms with Crippen molar-refractivity contribution in [2.24, 2.45) is 0 Å².